The minimum Gasteiger partial charge on any atom is -0.390 e. The van der Waals surface area contributed by atoms with Crippen molar-refractivity contribution in [1.29, 1.82) is 0 Å². The van der Waals surface area contributed by atoms with E-state index >= 15 is 0 Å². The topological polar surface area (TPSA) is 69.1 Å². The summed E-state index contributed by atoms with van der Waals surface area (Å²) in [6.07, 6.45) is 0. The number of rotatable bonds is 2. The first-order valence-electron chi connectivity index (χ1n) is 5.68. The number of nitrogens with two attached hydrogens (primary N) is 2. The Kier molecular flexibility index (Phi) is 3.13. The minimum atomic E-state index is -0.468. The van der Waals surface area contributed by atoms with Crippen molar-refractivity contribution >= 4 is 22.2 Å². The molecule has 1 aromatic carbocycles. The molecule has 0 aliphatic carbocycles. The molecule has 94 valence electrons. The van der Waals surface area contributed by atoms with Crippen LogP contribution in [0.5, 0.6) is 0 Å². The fourth-order valence-corrected chi connectivity index (χ4v) is 3.01. The van der Waals surface area contributed by atoms with E-state index in [9.17, 15) is 4.79 Å². The second-order valence-electron chi connectivity index (χ2n) is 4.44. The van der Waals surface area contributed by atoms with Crippen molar-refractivity contribution in [2.75, 3.05) is 5.73 Å². The maximum Gasteiger partial charge on any atom is 0.252 e. The average Bonchev–Trinajstić information content (AvgIpc) is 2.57. The summed E-state index contributed by atoms with van der Waals surface area (Å²) in [6, 6.07) is 6.11. The Hall–Kier alpha value is -1.81. The minimum absolute atomic E-state index is 0.445. The first-order chi connectivity index (χ1) is 8.41. The van der Waals surface area contributed by atoms with Crippen molar-refractivity contribution < 1.29 is 4.79 Å². The summed E-state index contributed by atoms with van der Waals surface area (Å²) in [4.78, 5) is 12.5. The summed E-state index contributed by atoms with van der Waals surface area (Å²) in [5.41, 5.74) is 16.0. The van der Waals surface area contributed by atoms with Crippen molar-refractivity contribution in [2.45, 2.75) is 20.8 Å². The van der Waals surface area contributed by atoms with Gasteiger partial charge in [-0.2, -0.15) is 0 Å². The van der Waals surface area contributed by atoms with Gasteiger partial charge in [-0.05, 0) is 37.5 Å². The summed E-state index contributed by atoms with van der Waals surface area (Å²) >= 11 is 1.41. The number of anilines is 1. The van der Waals surface area contributed by atoms with E-state index in [0.29, 0.717) is 10.6 Å². The van der Waals surface area contributed by atoms with Gasteiger partial charge in [-0.15, -0.1) is 11.3 Å². The van der Waals surface area contributed by atoms with Gasteiger partial charge >= 0.3 is 0 Å². The Labute approximate surface area is 110 Å². The van der Waals surface area contributed by atoms with Gasteiger partial charge < -0.3 is 11.5 Å². The molecule has 0 aliphatic heterocycles. The standard InChI is InChI=1S/C14H16N2OS/c1-7-4-5-10(6-8(7)2)11-9(3)18-14(16)12(11)13(15)17/h4-6H,16H2,1-3H3,(H2,15,17). The molecule has 2 rings (SSSR count). The van der Waals surface area contributed by atoms with Crippen LogP contribution in [0.25, 0.3) is 11.1 Å². The largest absolute Gasteiger partial charge is 0.390 e. The SMILES string of the molecule is Cc1ccc(-c2c(C)sc(N)c2C(N)=O)cc1C. The number of amides is 1. The number of carbonyl (C=O) groups is 1. The Bertz CT molecular complexity index is 629. The number of benzene rings is 1. The lowest BCUT2D eigenvalue weighted by Crippen LogP contribution is -2.13. The molecule has 0 saturated carbocycles. The average molecular weight is 260 g/mol. The molecule has 0 aliphatic rings. The predicted molar refractivity (Wildman–Crippen MR) is 76.9 cm³/mol. The van der Waals surface area contributed by atoms with Crippen LogP contribution in [0.15, 0.2) is 18.2 Å². The number of aryl methyl sites for hydroxylation is 3. The zero-order valence-electron chi connectivity index (χ0n) is 10.7. The Morgan fingerprint density at radius 3 is 2.39 bits per heavy atom. The lowest BCUT2D eigenvalue weighted by Gasteiger charge is -2.07. The third-order valence-corrected chi connectivity index (χ3v) is 4.09. The molecule has 0 bridgehead atoms. The molecular formula is C14H16N2OS. The number of primary amides is 1. The molecule has 0 saturated heterocycles. The van der Waals surface area contributed by atoms with Crippen LogP contribution in [-0.2, 0) is 0 Å². The number of carbonyl (C=O) groups excluding carboxylic acids is 1. The van der Waals surface area contributed by atoms with E-state index in [2.05, 4.69) is 13.0 Å². The summed E-state index contributed by atoms with van der Waals surface area (Å²) in [5, 5.41) is 0.494. The molecule has 1 aromatic heterocycles. The van der Waals surface area contributed by atoms with E-state index < -0.39 is 5.91 Å². The summed E-state index contributed by atoms with van der Waals surface area (Å²) in [5.74, 6) is -0.468. The molecule has 4 heteroatoms. The summed E-state index contributed by atoms with van der Waals surface area (Å²) in [6.45, 7) is 6.06. The molecule has 0 radical (unpaired) electrons. The smallest absolute Gasteiger partial charge is 0.252 e. The van der Waals surface area contributed by atoms with Gasteiger partial charge in [0.1, 0.15) is 0 Å². The first-order valence-corrected chi connectivity index (χ1v) is 6.49. The highest BCUT2D eigenvalue weighted by Crippen LogP contribution is 2.38. The quantitative estimate of drug-likeness (QED) is 0.871. The second kappa shape index (κ2) is 4.46. The van der Waals surface area contributed by atoms with Crippen molar-refractivity contribution in [2.24, 2.45) is 5.73 Å². The highest BCUT2D eigenvalue weighted by molar-refractivity contribution is 7.16. The van der Waals surface area contributed by atoms with E-state index in [1.54, 1.807) is 0 Å². The molecule has 1 heterocycles. The van der Waals surface area contributed by atoms with E-state index in [4.69, 9.17) is 11.5 Å². The van der Waals surface area contributed by atoms with Gasteiger partial charge in [0.15, 0.2) is 0 Å². The third kappa shape index (κ3) is 1.99. The molecule has 0 spiro atoms. The molecule has 18 heavy (non-hydrogen) atoms. The van der Waals surface area contributed by atoms with Gasteiger partial charge in [0.25, 0.3) is 5.91 Å². The number of hydrogen-bond donors (Lipinski definition) is 2. The van der Waals surface area contributed by atoms with Gasteiger partial charge in [-0.1, -0.05) is 18.2 Å². The van der Waals surface area contributed by atoms with Crippen LogP contribution in [0, 0.1) is 20.8 Å². The fourth-order valence-electron chi connectivity index (χ4n) is 2.06. The van der Waals surface area contributed by atoms with Crippen LogP contribution < -0.4 is 11.5 Å². The van der Waals surface area contributed by atoms with Crippen LogP contribution in [0.2, 0.25) is 0 Å². The molecule has 0 atom stereocenters. The molecule has 3 nitrogen and oxygen atoms in total. The molecule has 0 fully saturated rings. The van der Waals surface area contributed by atoms with Crippen LogP contribution >= 0.6 is 11.3 Å². The van der Waals surface area contributed by atoms with Gasteiger partial charge in [-0.25, -0.2) is 0 Å². The van der Waals surface area contributed by atoms with Crippen LogP contribution in [-0.4, -0.2) is 5.91 Å². The number of hydrogen-bond acceptors (Lipinski definition) is 3. The van der Waals surface area contributed by atoms with Gasteiger partial charge in [0.05, 0.1) is 10.6 Å². The van der Waals surface area contributed by atoms with E-state index in [1.165, 1.54) is 22.5 Å². The van der Waals surface area contributed by atoms with Gasteiger partial charge in [0, 0.05) is 10.4 Å². The van der Waals surface area contributed by atoms with Crippen LogP contribution in [0.3, 0.4) is 0 Å². The molecule has 4 N–H and O–H groups in total. The molecular weight excluding hydrogens is 244 g/mol. The highest BCUT2D eigenvalue weighted by atomic mass is 32.1. The maximum atomic E-state index is 11.5. The zero-order valence-corrected chi connectivity index (χ0v) is 11.5. The van der Waals surface area contributed by atoms with Crippen molar-refractivity contribution in [3.8, 4) is 11.1 Å². The first kappa shape index (κ1) is 12.6. The Morgan fingerprint density at radius 2 is 1.83 bits per heavy atom. The van der Waals surface area contributed by atoms with Crippen LogP contribution in [0.1, 0.15) is 26.4 Å². The molecule has 1 amide bonds. The van der Waals surface area contributed by atoms with E-state index in [-0.39, 0.29) is 0 Å². The lowest BCUT2D eigenvalue weighted by atomic mass is 9.97. The highest BCUT2D eigenvalue weighted by Gasteiger charge is 2.19. The number of thiophene rings is 1. The van der Waals surface area contributed by atoms with Crippen molar-refractivity contribution in [3.05, 3.63) is 39.8 Å². The second-order valence-corrected chi connectivity index (χ2v) is 5.69. The van der Waals surface area contributed by atoms with E-state index in [0.717, 1.165) is 16.0 Å². The fraction of sp³-hybridized carbons (Fsp3) is 0.214. The molecule has 2 aromatic rings. The van der Waals surface area contributed by atoms with Gasteiger partial charge in [-0.3, -0.25) is 4.79 Å². The van der Waals surface area contributed by atoms with E-state index in [1.807, 2.05) is 26.0 Å². The number of nitrogen functional groups attached to an aromatic ring is 1. The monoisotopic (exact) mass is 260 g/mol. The lowest BCUT2D eigenvalue weighted by molar-refractivity contribution is 0.100. The summed E-state index contributed by atoms with van der Waals surface area (Å²) in [7, 11) is 0. The predicted octanol–water partition coefficient (Wildman–Crippen LogP) is 3.02. The van der Waals surface area contributed by atoms with Crippen LogP contribution in [0.4, 0.5) is 5.00 Å². The Balaban J connectivity index is 2.70. The third-order valence-electron chi connectivity index (χ3n) is 3.15. The van der Waals surface area contributed by atoms with Crippen molar-refractivity contribution in [3.63, 3.8) is 0 Å². The molecule has 0 unspecified atom stereocenters. The van der Waals surface area contributed by atoms with Gasteiger partial charge in [0.2, 0.25) is 0 Å². The zero-order chi connectivity index (χ0) is 13.4. The summed E-state index contributed by atoms with van der Waals surface area (Å²) < 4.78 is 0. The van der Waals surface area contributed by atoms with Crippen molar-refractivity contribution in [1.82, 2.24) is 0 Å². The Morgan fingerprint density at radius 1 is 1.17 bits per heavy atom. The maximum absolute atomic E-state index is 11.5. The normalized spacial score (nSPS) is 10.6.